The molecule has 0 saturated carbocycles. The van der Waals surface area contributed by atoms with Gasteiger partial charge in [-0.3, -0.25) is 4.79 Å². The van der Waals surface area contributed by atoms with E-state index in [0.29, 0.717) is 13.0 Å². The van der Waals surface area contributed by atoms with Crippen molar-refractivity contribution in [2.24, 2.45) is 5.41 Å². The van der Waals surface area contributed by atoms with Crippen molar-refractivity contribution in [2.45, 2.75) is 38.5 Å². The molecule has 1 saturated heterocycles. The Kier molecular flexibility index (Phi) is 7.57. The molecule has 0 aliphatic carbocycles. The van der Waals surface area contributed by atoms with E-state index >= 15 is 0 Å². The summed E-state index contributed by atoms with van der Waals surface area (Å²) in [5.41, 5.74) is 2.05. The van der Waals surface area contributed by atoms with Gasteiger partial charge in [-0.2, -0.15) is 0 Å². The van der Waals surface area contributed by atoms with Gasteiger partial charge in [-0.1, -0.05) is 35.9 Å². The van der Waals surface area contributed by atoms with E-state index in [1.54, 1.807) is 7.11 Å². The quantitative estimate of drug-likeness (QED) is 0.689. The Balaban J connectivity index is 1.57. The summed E-state index contributed by atoms with van der Waals surface area (Å²) < 4.78 is 5.32. The van der Waals surface area contributed by atoms with Crippen LogP contribution in [0, 0.1) is 5.41 Å². The molecule has 0 aromatic heterocycles. The third-order valence-electron chi connectivity index (χ3n) is 5.83. The molecule has 1 aliphatic rings. The second-order valence-electron chi connectivity index (χ2n) is 8.09. The molecule has 29 heavy (non-hydrogen) atoms. The number of aliphatic hydroxyl groups is 1. The molecule has 2 aromatic carbocycles. The monoisotopic (exact) mass is 415 g/mol. The molecule has 1 heterocycles. The molecule has 1 aliphatic heterocycles. The molecule has 0 bridgehead atoms. The highest BCUT2D eigenvalue weighted by atomic mass is 35.5. The highest BCUT2D eigenvalue weighted by molar-refractivity contribution is 6.30. The van der Waals surface area contributed by atoms with Crippen LogP contribution in [0.3, 0.4) is 0 Å². The second-order valence-corrected chi connectivity index (χ2v) is 8.52. The summed E-state index contributed by atoms with van der Waals surface area (Å²) in [4.78, 5) is 14.7. The molecular weight excluding hydrogens is 386 g/mol. The van der Waals surface area contributed by atoms with Crippen LogP contribution in [-0.4, -0.2) is 42.7 Å². The number of methoxy groups -OCH3 is 1. The highest BCUT2D eigenvalue weighted by Gasteiger charge is 2.36. The Labute approximate surface area is 178 Å². The van der Waals surface area contributed by atoms with E-state index in [1.165, 1.54) is 5.56 Å². The van der Waals surface area contributed by atoms with Gasteiger partial charge in [0.1, 0.15) is 5.75 Å². The number of hydrogen-bond acceptors (Lipinski definition) is 3. The lowest BCUT2D eigenvalue weighted by Gasteiger charge is -2.42. The van der Waals surface area contributed by atoms with Crippen LogP contribution in [0.25, 0.3) is 0 Å². The first kappa shape index (κ1) is 21.7. The summed E-state index contributed by atoms with van der Waals surface area (Å²) in [5, 5.41) is 10.9. The lowest BCUT2D eigenvalue weighted by Crippen LogP contribution is -2.48. The summed E-state index contributed by atoms with van der Waals surface area (Å²) >= 11 is 5.92. The number of hydrogen-bond donors (Lipinski definition) is 1. The van der Waals surface area contributed by atoms with Crippen LogP contribution >= 0.6 is 11.6 Å². The fourth-order valence-electron chi connectivity index (χ4n) is 4.22. The van der Waals surface area contributed by atoms with Crippen molar-refractivity contribution in [3.8, 4) is 5.75 Å². The number of carbonyl (C=O) groups excluding carboxylic acids is 1. The van der Waals surface area contributed by atoms with Crippen molar-refractivity contribution in [1.29, 1.82) is 0 Å². The number of aryl methyl sites for hydroxylation is 1. The Morgan fingerprint density at radius 1 is 1.21 bits per heavy atom. The third-order valence-corrected chi connectivity index (χ3v) is 6.08. The Morgan fingerprint density at radius 2 is 2.00 bits per heavy atom. The van der Waals surface area contributed by atoms with Crippen LogP contribution in [-0.2, 0) is 17.6 Å². The summed E-state index contributed by atoms with van der Waals surface area (Å²) in [6.45, 7) is 1.47. The fraction of sp³-hybridized carbons (Fsp3) is 0.458. The van der Waals surface area contributed by atoms with Gasteiger partial charge in [0.15, 0.2) is 0 Å². The van der Waals surface area contributed by atoms with Crippen molar-refractivity contribution in [3.05, 3.63) is 64.7 Å². The van der Waals surface area contributed by atoms with E-state index in [2.05, 4.69) is 6.07 Å². The molecule has 1 unspecified atom stereocenters. The number of halogens is 1. The number of amides is 1. The summed E-state index contributed by atoms with van der Waals surface area (Å²) in [6.07, 6.45) is 4.81. The van der Waals surface area contributed by atoms with E-state index < -0.39 is 0 Å². The minimum atomic E-state index is -0.281. The predicted molar refractivity (Wildman–Crippen MR) is 116 cm³/mol. The van der Waals surface area contributed by atoms with Gasteiger partial charge < -0.3 is 14.7 Å². The molecule has 5 heteroatoms. The van der Waals surface area contributed by atoms with E-state index in [0.717, 1.165) is 55.0 Å². The zero-order valence-electron chi connectivity index (χ0n) is 17.1. The van der Waals surface area contributed by atoms with Crippen LogP contribution in [0.1, 0.15) is 36.8 Å². The van der Waals surface area contributed by atoms with Gasteiger partial charge in [0.2, 0.25) is 5.91 Å². The molecule has 1 fully saturated rings. The number of nitrogens with zero attached hydrogens (tertiary/aromatic N) is 1. The minimum Gasteiger partial charge on any atom is -0.497 e. The SMILES string of the molecule is COc1cccc(CC2(CO)CCCN(C(=O)CCCc3ccc(Cl)cc3)C2)c1. The lowest BCUT2D eigenvalue weighted by atomic mass is 9.75. The maximum absolute atomic E-state index is 12.8. The molecule has 0 spiro atoms. The topological polar surface area (TPSA) is 49.8 Å². The van der Waals surface area contributed by atoms with Crippen LogP contribution in [0.5, 0.6) is 5.75 Å². The first-order chi connectivity index (χ1) is 14.0. The molecule has 156 valence electrons. The van der Waals surface area contributed by atoms with E-state index in [9.17, 15) is 9.90 Å². The summed E-state index contributed by atoms with van der Waals surface area (Å²) in [7, 11) is 1.66. The zero-order chi connectivity index (χ0) is 20.7. The minimum absolute atomic E-state index is 0.0821. The van der Waals surface area contributed by atoms with Gasteiger partial charge >= 0.3 is 0 Å². The number of likely N-dealkylation sites (tertiary alicyclic amines) is 1. The van der Waals surface area contributed by atoms with Gasteiger partial charge in [-0.25, -0.2) is 0 Å². The van der Waals surface area contributed by atoms with E-state index in [4.69, 9.17) is 16.3 Å². The molecular formula is C24H30ClNO3. The first-order valence-corrected chi connectivity index (χ1v) is 10.7. The van der Waals surface area contributed by atoms with Gasteiger partial charge in [-0.15, -0.1) is 0 Å². The van der Waals surface area contributed by atoms with Gasteiger partial charge in [0.05, 0.1) is 13.7 Å². The molecule has 3 rings (SSSR count). The van der Waals surface area contributed by atoms with Crippen LogP contribution in [0.2, 0.25) is 5.02 Å². The number of carbonyl (C=O) groups is 1. The largest absolute Gasteiger partial charge is 0.497 e. The fourth-order valence-corrected chi connectivity index (χ4v) is 4.34. The molecule has 1 atom stereocenters. The average molecular weight is 416 g/mol. The Hall–Kier alpha value is -2.04. The normalized spacial score (nSPS) is 19.2. The van der Waals surface area contributed by atoms with Crippen LogP contribution in [0.4, 0.5) is 0 Å². The Morgan fingerprint density at radius 3 is 2.72 bits per heavy atom. The molecule has 1 amide bonds. The molecule has 2 aromatic rings. The van der Waals surface area contributed by atoms with Gasteiger partial charge in [0.25, 0.3) is 0 Å². The number of ether oxygens (including phenoxy) is 1. The maximum Gasteiger partial charge on any atom is 0.222 e. The van der Waals surface area contributed by atoms with Crippen molar-refractivity contribution in [1.82, 2.24) is 4.90 Å². The zero-order valence-corrected chi connectivity index (χ0v) is 17.8. The van der Waals surface area contributed by atoms with Crippen molar-refractivity contribution < 1.29 is 14.6 Å². The first-order valence-electron chi connectivity index (χ1n) is 10.3. The lowest BCUT2D eigenvalue weighted by molar-refractivity contribution is -0.135. The number of piperidine rings is 1. The Bertz CT molecular complexity index is 808. The van der Waals surface area contributed by atoms with Crippen molar-refractivity contribution in [2.75, 3.05) is 26.8 Å². The summed E-state index contributed by atoms with van der Waals surface area (Å²) in [5.74, 6) is 1.00. The number of aliphatic hydroxyl groups excluding tert-OH is 1. The van der Waals surface area contributed by atoms with Crippen LogP contribution < -0.4 is 4.74 Å². The van der Waals surface area contributed by atoms with Crippen molar-refractivity contribution in [3.63, 3.8) is 0 Å². The standard InChI is InChI=1S/C24H30ClNO3/c1-29-22-7-2-6-20(15-22)16-24(18-27)13-4-14-26(17-24)23(28)8-3-5-19-9-11-21(25)12-10-19/h2,6-7,9-12,15,27H,3-5,8,13-14,16-18H2,1H3. The van der Waals surface area contributed by atoms with Crippen LogP contribution in [0.15, 0.2) is 48.5 Å². The smallest absolute Gasteiger partial charge is 0.222 e. The molecule has 0 radical (unpaired) electrons. The maximum atomic E-state index is 12.8. The second kappa shape index (κ2) is 10.1. The van der Waals surface area contributed by atoms with Crippen molar-refractivity contribution >= 4 is 17.5 Å². The highest BCUT2D eigenvalue weighted by Crippen LogP contribution is 2.34. The van der Waals surface area contributed by atoms with E-state index in [1.807, 2.05) is 47.4 Å². The molecule has 1 N–H and O–H groups in total. The van der Waals surface area contributed by atoms with Gasteiger partial charge in [0, 0.05) is 29.9 Å². The van der Waals surface area contributed by atoms with E-state index in [-0.39, 0.29) is 17.9 Å². The average Bonchev–Trinajstić information content (AvgIpc) is 2.75. The number of rotatable bonds is 8. The molecule has 4 nitrogen and oxygen atoms in total. The number of benzene rings is 2. The van der Waals surface area contributed by atoms with Gasteiger partial charge in [-0.05, 0) is 67.5 Å². The predicted octanol–water partition coefficient (Wildman–Crippen LogP) is 4.52. The third kappa shape index (κ3) is 5.97. The summed E-state index contributed by atoms with van der Waals surface area (Å²) in [6, 6.07) is 15.8.